The summed E-state index contributed by atoms with van der Waals surface area (Å²) in [6.45, 7) is 3.17. The van der Waals surface area contributed by atoms with Crippen LogP contribution in [0.3, 0.4) is 0 Å². The number of hydrogen-bond acceptors (Lipinski definition) is 4. The first-order valence-electron chi connectivity index (χ1n) is 9.72. The van der Waals surface area contributed by atoms with Gasteiger partial charge in [0.1, 0.15) is 5.82 Å². The van der Waals surface area contributed by atoms with Gasteiger partial charge in [-0.3, -0.25) is 9.59 Å². The van der Waals surface area contributed by atoms with E-state index in [0.717, 1.165) is 6.54 Å². The number of amides is 2. The lowest BCUT2D eigenvalue weighted by atomic mass is 10.1. The van der Waals surface area contributed by atoms with Gasteiger partial charge >= 0.3 is 0 Å². The molecule has 2 rings (SSSR count). The normalized spacial score (nSPS) is 15.8. The van der Waals surface area contributed by atoms with E-state index >= 15 is 0 Å². The van der Waals surface area contributed by atoms with Crippen molar-refractivity contribution in [2.24, 2.45) is 0 Å². The highest BCUT2D eigenvalue weighted by atomic mass is 35.5. The summed E-state index contributed by atoms with van der Waals surface area (Å²) in [7, 11) is 0. The van der Waals surface area contributed by atoms with E-state index in [1.807, 2.05) is 0 Å². The van der Waals surface area contributed by atoms with E-state index in [9.17, 15) is 14.0 Å². The Morgan fingerprint density at radius 3 is 2.39 bits per heavy atom. The molecule has 1 aromatic rings. The molecule has 0 aromatic heterocycles. The van der Waals surface area contributed by atoms with Crippen LogP contribution in [0.1, 0.15) is 45.4 Å². The van der Waals surface area contributed by atoms with Crippen molar-refractivity contribution in [2.45, 2.75) is 56.7 Å². The number of rotatable bonds is 9. The lowest BCUT2D eigenvalue weighted by molar-refractivity contribution is -0.120. The van der Waals surface area contributed by atoms with Gasteiger partial charge in [0.05, 0.1) is 11.0 Å². The van der Waals surface area contributed by atoms with E-state index in [0.29, 0.717) is 18.3 Å². The Bertz CT molecular complexity index is 596. The predicted octanol–water partition coefficient (Wildman–Crippen LogP) is 3.74. The lowest BCUT2D eigenvalue weighted by Crippen LogP contribution is -2.39. The summed E-state index contributed by atoms with van der Waals surface area (Å²) < 4.78 is 12.9. The van der Waals surface area contributed by atoms with E-state index in [2.05, 4.69) is 16.0 Å². The molecular weight excluding hydrogens is 401 g/mol. The second-order valence-corrected chi connectivity index (χ2v) is 8.27. The van der Waals surface area contributed by atoms with E-state index in [-0.39, 0.29) is 41.0 Å². The number of nitrogens with one attached hydrogen (secondary N) is 3. The molecule has 0 saturated heterocycles. The van der Waals surface area contributed by atoms with Gasteiger partial charge in [0.15, 0.2) is 0 Å². The monoisotopic (exact) mass is 431 g/mol. The van der Waals surface area contributed by atoms with Gasteiger partial charge in [0, 0.05) is 24.8 Å². The van der Waals surface area contributed by atoms with Crippen LogP contribution in [0.25, 0.3) is 0 Å². The van der Waals surface area contributed by atoms with Crippen molar-refractivity contribution >= 4 is 41.7 Å². The Kier molecular flexibility index (Phi) is 12.2. The molecule has 0 bridgehead atoms. The molecule has 5 nitrogen and oxygen atoms in total. The molecule has 158 valence electrons. The fraction of sp³-hybridized carbons (Fsp3) is 0.600. The van der Waals surface area contributed by atoms with Crippen molar-refractivity contribution < 1.29 is 14.0 Å². The Morgan fingerprint density at radius 2 is 1.75 bits per heavy atom. The topological polar surface area (TPSA) is 70.2 Å². The van der Waals surface area contributed by atoms with Gasteiger partial charge < -0.3 is 16.0 Å². The molecule has 1 aliphatic rings. The number of benzene rings is 1. The minimum absolute atomic E-state index is 0. The Morgan fingerprint density at radius 1 is 1.11 bits per heavy atom. The second kappa shape index (κ2) is 13.8. The smallest absolute Gasteiger partial charge is 0.234 e. The molecule has 1 saturated carbocycles. The van der Waals surface area contributed by atoms with Gasteiger partial charge in [-0.2, -0.15) is 0 Å². The number of hydrogen-bond donors (Lipinski definition) is 3. The van der Waals surface area contributed by atoms with E-state index in [1.165, 1.54) is 74.6 Å². The highest BCUT2D eigenvalue weighted by molar-refractivity contribution is 8.01. The van der Waals surface area contributed by atoms with Crippen molar-refractivity contribution in [1.82, 2.24) is 10.6 Å². The first-order chi connectivity index (χ1) is 13.0. The zero-order valence-electron chi connectivity index (χ0n) is 16.3. The summed E-state index contributed by atoms with van der Waals surface area (Å²) in [4.78, 5) is 24.0. The molecule has 3 N–H and O–H groups in total. The second-order valence-electron chi connectivity index (χ2n) is 6.94. The van der Waals surface area contributed by atoms with Crippen LogP contribution in [0.5, 0.6) is 0 Å². The third-order valence-corrected chi connectivity index (χ3v) is 5.82. The third-order valence-electron chi connectivity index (χ3n) is 4.67. The summed E-state index contributed by atoms with van der Waals surface area (Å²) >= 11 is 1.29. The van der Waals surface area contributed by atoms with Crippen LogP contribution in [0.2, 0.25) is 0 Å². The van der Waals surface area contributed by atoms with Gasteiger partial charge in [-0.25, -0.2) is 4.39 Å². The van der Waals surface area contributed by atoms with Crippen LogP contribution in [-0.4, -0.2) is 41.9 Å². The van der Waals surface area contributed by atoms with Crippen molar-refractivity contribution in [3.63, 3.8) is 0 Å². The Labute approximate surface area is 177 Å². The van der Waals surface area contributed by atoms with Crippen LogP contribution in [0.15, 0.2) is 24.3 Å². The average Bonchev–Trinajstić information content (AvgIpc) is 2.94. The fourth-order valence-corrected chi connectivity index (χ4v) is 3.80. The SMILES string of the molecule is CC(SCC(=O)Nc1ccc(F)cc1)C(=O)NCCNC1CCCCCC1.Cl. The third kappa shape index (κ3) is 9.75. The van der Waals surface area contributed by atoms with Gasteiger partial charge in [0.25, 0.3) is 0 Å². The zero-order valence-corrected chi connectivity index (χ0v) is 18.0. The first kappa shape index (κ1) is 24.7. The van der Waals surface area contributed by atoms with Crippen LogP contribution in [0, 0.1) is 5.82 Å². The fourth-order valence-electron chi connectivity index (χ4n) is 3.10. The highest BCUT2D eigenvalue weighted by Gasteiger charge is 2.15. The number of halogens is 2. The zero-order chi connectivity index (χ0) is 19.5. The molecule has 0 spiro atoms. The van der Waals surface area contributed by atoms with Crippen molar-refractivity contribution in [2.75, 3.05) is 24.2 Å². The molecular formula is C20H31ClFN3O2S. The quantitative estimate of drug-likeness (QED) is 0.411. The molecule has 0 heterocycles. The number of anilines is 1. The minimum atomic E-state index is -0.346. The molecule has 0 radical (unpaired) electrons. The summed E-state index contributed by atoms with van der Waals surface area (Å²) in [6, 6.07) is 6.18. The van der Waals surface area contributed by atoms with Gasteiger partial charge in [0.2, 0.25) is 11.8 Å². The van der Waals surface area contributed by atoms with Crippen LogP contribution in [-0.2, 0) is 9.59 Å². The molecule has 1 aliphatic carbocycles. The minimum Gasteiger partial charge on any atom is -0.354 e. The molecule has 1 aromatic carbocycles. The highest BCUT2D eigenvalue weighted by Crippen LogP contribution is 2.17. The van der Waals surface area contributed by atoms with Crippen molar-refractivity contribution in [3.05, 3.63) is 30.1 Å². The van der Waals surface area contributed by atoms with Crippen LogP contribution in [0.4, 0.5) is 10.1 Å². The largest absolute Gasteiger partial charge is 0.354 e. The van der Waals surface area contributed by atoms with E-state index in [4.69, 9.17) is 0 Å². The molecule has 1 fully saturated rings. The molecule has 8 heteroatoms. The van der Waals surface area contributed by atoms with E-state index in [1.54, 1.807) is 6.92 Å². The number of carbonyl (C=O) groups is 2. The van der Waals surface area contributed by atoms with Crippen molar-refractivity contribution in [3.8, 4) is 0 Å². The van der Waals surface area contributed by atoms with Crippen LogP contribution < -0.4 is 16.0 Å². The van der Waals surface area contributed by atoms with Gasteiger partial charge in [-0.1, -0.05) is 25.7 Å². The number of carbonyl (C=O) groups excluding carboxylic acids is 2. The maximum Gasteiger partial charge on any atom is 0.234 e. The molecule has 2 amide bonds. The molecule has 1 unspecified atom stereocenters. The number of thioether (sulfide) groups is 1. The first-order valence-corrected chi connectivity index (χ1v) is 10.8. The molecule has 0 aliphatic heterocycles. The maximum atomic E-state index is 12.9. The summed E-state index contributed by atoms with van der Waals surface area (Å²) in [6.07, 6.45) is 7.69. The standard InChI is InChI=1S/C20H30FN3O2S.ClH/c1-15(27-14-19(25)24-18-10-8-16(21)9-11-18)20(26)23-13-12-22-17-6-4-2-3-5-7-17;/h8-11,15,17,22H,2-7,12-14H2,1H3,(H,23,26)(H,24,25);1H. The van der Waals surface area contributed by atoms with E-state index < -0.39 is 0 Å². The average molecular weight is 432 g/mol. The predicted molar refractivity (Wildman–Crippen MR) is 117 cm³/mol. The lowest BCUT2D eigenvalue weighted by Gasteiger charge is -2.17. The summed E-state index contributed by atoms with van der Waals surface area (Å²) in [5, 5.41) is 8.83. The summed E-state index contributed by atoms with van der Waals surface area (Å²) in [5.41, 5.74) is 0.545. The van der Waals surface area contributed by atoms with Crippen molar-refractivity contribution in [1.29, 1.82) is 0 Å². The molecule has 1 atom stereocenters. The van der Waals surface area contributed by atoms with Gasteiger partial charge in [-0.15, -0.1) is 24.2 Å². The molecule has 28 heavy (non-hydrogen) atoms. The Balaban J connectivity index is 0.00000392. The Hall–Kier alpha value is -1.31. The summed E-state index contributed by atoms with van der Waals surface area (Å²) in [5.74, 6) is -0.438. The van der Waals surface area contributed by atoms with Gasteiger partial charge in [-0.05, 0) is 44.0 Å². The maximum absolute atomic E-state index is 12.9. The van der Waals surface area contributed by atoms with Crippen LogP contribution >= 0.6 is 24.2 Å².